The normalized spacial score (nSPS) is 13.0. The molecule has 0 radical (unpaired) electrons. The summed E-state index contributed by atoms with van der Waals surface area (Å²) in [6.07, 6.45) is -2.48. The first kappa shape index (κ1) is 18.0. The van der Waals surface area contributed by atoms with Gasteiger partial charge in [0.1, 0.15) is 0 Å². The Kier molecular flexibility index (Phi) is 6.58. The first-order valence-electron chi connectivity index (χ1n) is 6.50. The molecule has 0 amide bonds. The summed E-state index contributed by atoms with van der Waals surface area (Å²) in [5.41, 5.74) is 0.388. The molecule has 114 valence electrons. The van der Waals surface area contributed by atoms with Crippen LogP contribution in [-0.2, 0) is 12.6 Å². The number of rotatable bonds is 6. The highest BCUT2D eigenvalue weighted by atomic mass is 79.9. The van der Waals surface area contributed by atoms with Crippen molar-refractivity contribution in [3.63, 3.8) is 0 Å². The van der Waals surface area contributed by atoms with E-state index in [2.05, 4.69) is 45.7 Å². The first-order valence-corrected chi connectivity index (χ1v) is 8.75. The van der Waals surface area contributed by atoms with Crippen LogP contribution in [0.3, 0.4) is 0 Å². The van der Waals surface area contributed by atoms with Crippen molar-refractivity contribution in [2.45, 2.75) is 32.9 Å². The lowest BCUT2D eigenvalue weighted by Gasteiger charge is -2.32. The maximum Gasteiger partial charge on any atom is 0.416 e. The monoisotopic (exact) mass is 414 g/mol. The summed E-state index contributed by atoms with van der Waals surface area (Å²) >= 11 is 7.11. The van der Waals surface area contributed by atoms with Gasteiger partial charge >= 0.3 is 6.18 Å². The molecule has 0 unspecified atom stereocenters. The van der Waals surface area contributed by atoms with Crippen LogP contribution < -0.4 is 0 Å². The third-order valence-corrected chi connectivity index (χ3v) is 5.65. The van der Waals surface area contributed by atoms with Crippen molar-refractivity contribution in [2.24, 2.45) is 11.3 Å². The number of hydrogen-bond acceptors (Lipinski definition) is 0. The Balaban J connectivity index is 2.89. The van der Waals surface area contributed by atoms with Crippen molar-refractivity contribution in [3.8, 4) is 0 Å². The Morgan fingerprint density at radius 3 is 1.85 bits per heavy atom. The van der Waals surface area contributed by atoms with Crippen molar-refractivity contribution in [3.05, 3.63) is 35.4 Å². The van der Waals surface area contributed by atoms with Gasteiger partial charge in [0.25, 0.3) is 0 Å². The van der Waals surface area contributed by atoms with E-state index < -0.39 is 11.7 Å². The highest BCUT2D eigenvalue weighted by molar-refractivity contribution is 9.09. The molecule has 0 fully saturated rings. The van der Waals surface area contributed by atoms with Crippen LogP contribution >= 0.6 is 31.9 Å². The molecular formula is C15H19Br2F3. The molecule has 0 aliphatic heterocycles. The zero-order valence-corrected chi connectivity index (χ0v) is 14.8. The molecule has 0 aliphatic rings. The third kappa shape index (κ3) is 5.06. The molecule has 0 aromatic heterocycles. The minimum Gasteiger partial charge on any atom is -0.166 e. The number of halogens is 5. The highest BCUT2D eigenvalue weighted by Gasteiger charge is 2.32. The van der Waals surface area contributed by atoms with Crippen LogP contribution in [-0.4, -0.2) is 10.7 Å². The van der Waals surface area contributed by atoms with Gasteiger partial charge in [0.15, 0.2) is 0 Å². The summed E-state index contributed by atoms with van der Waals surface area (Å²) in [5.74, 6) is 0.541. The van der Waals surface area contributed by atoms with E-state index in [1.165, 1.54) is 0 Å². The van der Waals surface area contributed by atoms with Gasteiger partial charge in [-0.1, -0.05) is 57.8 Å². The average Bonchev–Trinajstić information content (AvgIpc) is 2.37. The fraction of sp³-hybridized carbons (Fsp3) is 0.600. The van der Waals surface area contributed by atoms with E-state index in [0.717, 1.165) is 41.2 Å². The lowest BCUT2D eigenvalue weighted by atomic mass is 9.79. The average molecular weight is 416 g/mol. The summed E-state index contributed by atoms with van der Waals surface area (Å²) < 4.78 is 37.6. The molecule has 1 aromatic carbocycles. The van der Waals surface area contributed by atoms with E-state index in [1.54, 1.807) is 12.1 Å². The van der Waals surface area contributed by atoms with Crippen LogP contribution in [0, 0.1) is 11.3 Å². The van der Waals surface area contributed by atoms with Crippen LogP contribution in [0.2, 0.25) is 0 Å². The summed E-state index contributed by atoms with van der Waals surface area (Å²) in [7, 11) is 0. The zero-order valence-electron chi connectivity index (χ0n) is 11.6. The van der Waals surface area contributed by atoms with E-state index in [9.17, 15) is 13.2 Å². The molecule has 0 nitrogen and oxygen atoms in total. The van der Waals surface area contributed by atoms with Crippen molar-refractivity contribution in [1.82, 2.24) is 0 Å². The molecule has 1 aromatic rings. The zero-order chi connectivity index (χ0) is 15.4. The Morgan fingerprint density at radius 1 is 1.00 bits per heavy atom. The molecule has 0 aliphatic carbocycles. The van der Waals surface area contributed by atoms with Gasteiger partial charge in [0, 0.05) is 10.7 Å². The Labute approximate surface area is 135 Å². The molecule has 5 heteroatoms. The molecular weight excluding hydrogens is 397 g/mol. The van der Waals surface area contributed by atoms with Gasteiger partial charge in [0.2, 0.25) is 0 Å². The van der Waals surface area contributed by atoms with Gasteiger partial charge in [-0.2, -0.15) is 13.2 Å². The number of benzene rings is 1. The summed E-state index contributed by atoms with van der Waals surface area (Å²) in [5, 5.41) is 1.65. The molecule has 1 rings (SSSR count). The molecule has 0 heterocycles. The van der Waals surface area contributed by atoms with Gasteiger partial charge < -0.3 is 0 Å². The quantitative estimate of drug-likeness (QED) is 0.494. The van der Waals surface area contributed by atoms with Crippen LogP contribution in [0.1, 0.15) is 31.4 Å². The van der Waals surface area contributed by atoms with E-state index in [-0.39, 0.29) is 5.41 Å². The topological polar surface area (TPSA) is 0 Å². The van der Waals surface area contributed by atoms with Gasteiger partial charge in [-0.15, -0.1) is 0 Å². The van der Waals surface area contributed by atoms with Crippen LogP contribution in [0.4, 0.5) is 13.2 Å². The van der Waals surface area contributed by atoms with Gasteiger partial charge in [-0.25, -0.2) is 0 Å². The summed E-state index contributed by atoms with van der Waals surface area (Å²) in [6.45, 7) is 4.32. The number of hydrogen-bond donors (Lipinski definition) is 0. The second kappa shape index (κ2) is 7.30. The van der Waals surface area contributed by atoms with E-state index >= 15 is 0 Å². The van der Waals surface area contributed by atoms with Crippen LogP contribution in [0.5, 0.6) is 0 Å². The Bertz CT molecular complexity index is 406. The molecule has 20 heavy (non-hydrogen) atoms. The molecule has 0 atom stereocenters. The Morgan fingerprint density at radius 2 is 1.50 bits per heavy atom. The molecule has 0 N–H and O–H groups in total. The second-order valence-electron chi connectivity index (χ2n) is 5.74. The Hall–Kier alpha value is -0.0300. The predicted molar refractivity (Wildman–Crippen MR) is 84.6 cm³/mol. The lowest BCUT2D eigenvalue weighted by Crippen LogP contribution is -2.29. The molecule has 0 saturated heterocycles. The fourth-order valence-electron chi connectivity index (χ4n) is 2.42. The van der Waals surface area contributed by atoms with Gasteiger partial charge in [-0.3, -0.25) is 0 Å². The molecule has 0 saturated carbocycles. The van der Waals surface area contributed by atoms with E-state index in [0.29, 0.717) is 5.92 Å². The van der Waals surface area contributed by atoms with E-state index in [4.69, 9.17) is 0 Å². The van der Waals surface area contributed by atoms with Crippen molar-refractivity contribution in [1.29, 1.82) is 0 Å². The molecule has 0 bridgehead atoms. The number of alkyl halides is 5. The third-order valence-electron chi connectivity index (χ3n) is 3.27. The smallest absolute Gasteiger partial charge is 0.166 e. The van der Waals surface area contributed by atoms with Crippen LogP contribution in [0.15, 0.2) is 24.3 Å². The minimum atomic E-state index is -4.27. The van der Waals surface area contributed by atoms with Crippen LogP contribution in [0.25, 0.3) is 0 Å². The maximum absolute atomic E-state index is 12.5. The fourth-order valence-corrected chi connectivity index (χ4v) is 4.21. The summed E-state index contributed by atoms with van der Waals surface area (Å²) in [4.78, 5) is 0. The second-order valence-corrected chi connectivity index (χ2v) is 6.86. The highest BCUT2D eigenvalue weighted by Crippen LogP contribution is 2.36. The van der Waals surface area contributed by atoms with Gasteiger partial charge in [0.05, 0.1) is 5.56 Å². The summed E-state index contributed by atoms with van der Waals surface area (Å²) in [6, 6.07) is 5.50. The lowest BCUT2D eigenvalue weighted by molar-refractivity contribution is -0.137. The minimum absolute atomic E-state index is 0.0356. The van der Waals surface area contributed by atoms with Gasteiger partial charge in [-0.05, 0) is 41.9 Å². The maximum atomic E-state index is 12.5. The van der Waals surface area contributed by atoms with Crippen molar-refractivity contribution in [2.75, 3.05) is 10.7 Å². The predicted octanol–water partition coefficient (Wildman–Crippen LogP) is 6.07. The first-order chi connectivity index (χ1) is 9.22. The molecule has 0 spiro atoms. The standard InChI is InChI=1S/C15H19Br2F3/c1-11(2)7-14(9-16,10-17)8-12-3-5-13(6-4-12)15(18,19)20/h3-6,11H,7-10H2,1-2H3. The SMILES string of the molecule is CC(C)CC(CBr)(CBr)Cc1ccc(C(F)(F)F)cc1. The van der Waals surface area contributed by atoms with Crippen molar-refractivity contribution >= 4 is 31.9 Å². The van der Waals surface area contributed by atoms with E-state index in [1.807, 2.05) is 0 Å². The van der Waals surface area contributed by atoms with Crippen molar-refractivity contribution < 1.29 is 13.2 Å². The largest absolute Gasteiger partial charge is 0.416 e.